The van der Waals surface area contributed by atoms with Crippen LogP contribution in [0.25, 0.3) is 11.1 Å². The minimum Gasteiger partial charge on any atom is -0.510 e. The number of nitrogens with zero attached hydrogens (tertiary/aromatic N) is 1. The lowest BCUT2D eigenvalue weighted by Crippen LogP contribution is -2.63. The highest BCUT2D eigenvalue weighted by atomic mass is 16.3. The number of amides is 1. The molecule has 0 saturated carbocycles. The number of benzene rings is 2. The number of primary amides is 1. The molecule has 4 atom stereocenters. The summed E-state index contributed by atoms with van der Waals surface area (Å²) in [5.74, 6) is -6.78. The number of nitrogens with two attached hydrogens (primary N) is 1. The number of aliphatic hydroxyl groups is 3. The largest absolute Gasteiger partial charge is 0.510 e. The van der Waals surface area contributed by atoms with Crippen molar-refractivity contribution in [3.63, 3.8) is 0 Å². The third-order valence-corrected chi connectivity index (χ3v) is 8.61. The molecule has 4 unspecified atom stereocenters. The summed E-state index contributed by atoms with van der Waals surface area (Å²) in [6, 6.07) is 9.60. The Balaban J connectivity index is 1.66. The average molecular weight is 561 g/mol. The molecule has 5 rings (SSSR count). The van der Waals surface area contributed by atoms with Gasteiger partial charge in [0.15, 0.2) is 11.4 Å². The van der Waals surface area contributed by atoms with Crippen LogP contribution in [0.4, 0.5) is 0 Å². The topological polar surface area (TPSA) is 178 Å². The first-order valence-electron chi connectivity index (χ1n) is 13.4. The molecular formula is C31H32N2O8. The first-order chi connectivity index (χ1) is 19.3. The van der Waals surface area contributed by atoms with Crippen LogP contribution in [0.5, 0.6) is 5.75 Å². The zero-order chi connectivity index (χ0) is 30.0. The van der Waals surface area contributed by atoms with Gasteiger partial charge in [0, 0.05) is 17.9 Å². The predicted molar refractivity (Wildman–Crippen MR) is 148 cm³/mol. The Labute approximate surface area is 236 Å². The molecule has 10 heteroatoms. The second-order valence-corrected chi connectivity index (χ2v) is 11.4. The van der Waals surface area contributed by atoms with Gasteiger partial charge in [-0.05, 0) is 74.5 Å². The number of aliphatic hydroxyl groups excluding tert-OH is 2. The van der Waals surface area contributed by atoms with E-state index >= 15 is 0 Å². The summed E-state index contributed by atoms with van der Waals surface area (Å²) in [4.78, 5) is 52.5. The van der Waals surface area contributed by atoms with E-state index in [9.17, 15) is 39.6 Å². The number of rotatable bonds is 6. The van der Waals surface area contributed by atoms with Crippen molar-refractivity contribution in [1.82, 2.24) is 4.90 Å². The van der Waals surface area contributed by atoms with E-state index in [1.54, 1.807) is 20.2 Å². The van der Waals surface area contributed by atoms with Crippen LogP contribution >= 0.6 is 0 Å². The van der Waals surface area contributed by atoms with Gasteiger partial charge in [-0.15, -0.1) is 0 Å². The summed E-state index contributed by atoms with van der Waals surface area (Å²) in [7, 11) is 3.17. The van der Waals surface area contributed by atoms with Crippen LogP contribution in [0.15, 0.2) is 59.1 Å². The van der Waals surface area contributed by atoms with Crippen LogP contribution < -0.4 is 5.73 Å². The number of aromatic hydroxyl groups is 1. The number of aryl methyl sites for hydroxylation is 1. The first kappa shape index (κ1) is 28.3. The second-order valence-electron chi connectivity index (χ2n) is 11.4. The first-order valence-corrected chi connectivity index (χ1v) is 13.4. The maximum absolute atomic E-state index is 13.9. The van der Waals surface area contributed by atoms with Crippen LogP contribution in [0.3, 0.4) is 0 Å². The summed E-state index contributed by atoms with van der Waals surface area (Å²) in [6.07, 6.45) is 1.14. The van der Waals surface area contributed by atoms with Crippen LogP contribution in [0, 0.1) is 11.8 Å². The molecule has 3 aliphatic rings. The summed E-state index contributed by atoms with van der Waals surface area (Å²) in [6.45, 7) is 1.53. The Hall–Kier alpha value is -4.28. The smallest absolute Gasteiger partial charge is 0.255 e. The van der Waals surface area contributed by atoms with Crippen LogP contribution in [0.1, 0.15) is 41.3 Å². The van der Waals surface area contributed by atoms with Gasteiger partial charge in [-0.1, -0.05) is 30.3 Å². The molecule has 214 valence electrons. The van der Waals surface area contributed by atoms with E-state index < -0.39 is 58.0 Å². The monoisotopic (exact) mass is 560 g/mol. The fourth-order valence-electron chi connectivity index (χ4n) is 6.74. The summed E-state index contributed by atoms with van der Waals surface area (Å²) in [5.41, 5.74) is 4.57. The number of Topliss-reactive ketones (excluding diaryl/α,β-unsaturated/α-hetero) is 3. The molecule has 0 bridgehead atoms. The van der Waals surface area contributed by atoms with Gasteiger partial charge >= 0.3 is 0 Å². The van der Waals surface area contributed by atoms with E-state index in [1.165, 1.54) is 17.9 Å². The summed E-state index contributed by atoms with van der Waals surface area (Å²) < 4.78 is 0. The Bertz CT molecular complexity index is 1590. The summed E-state index contributed by atoms with van der Waals surface area (Å²) in [5, 5.41) is 44.9. The summed E-state index contributed by atoms with van der Waals surface area (Å²) >= 11 is 0. The molecule has 0 radical (unpaired) electrons. The predicted octanol–water partition coefficient (Wildman–Crippen LogP) is 2.31. The van der Waals surface area contributed by atoms with Crippen LogP contribution in [-0.2, 0) is 27.2 Å². The highest BCUT2D eigenvalue weighted by Gasteiger charge is 2.63. The number of hydrogen-bond donors (Lipinski definition) is 5. The quantitative estimate of drug-likeness (QED) is 0.332. The molecule has 2 aromatic rings. The number of hydrogen-bond acceptors (Lipinski definition) is 9. The van der Waals surface area contributed by atoms with Gasteiger partial charge in [-0.3, -0.25) is 19.3 Å². The van der Waals surface area contributed by atoms with E-state index in [0.29, 0.717) is 24.0 Å². The molecule has 2 aromatic carbocycles. The molecule has 41 heavy (non-hydrogen) atoms. The third kappa shape index (κ3) is 4.25. The second kappa shape index (κ2) is 9.97. The molecule has 0 spiro atoms. The van der Waals surface area contributed by atoms with Crippen molar-refractivity contribution >= 4 is 23.3 Å². The molecular weight excluding hydrogens is 528 g/mol. The standard InChI is InChI=1S/C31H32N2O8/c1-14(34)7-8-15-5-4-6-16(11-15)18-9-10-21(35)23-19(18)12-17-13-20-25(33(2)3)27(37)24(30(32)40)29(39)31(20,41)28(38)22(17)26(23)36/h4-6,9-11,17,20,25,35,37-38,41H,7-8,12-13H2,1-3H3,(H2,32,40). The van der Waals surface area contributed by atoms with Gasteiger partial charge in [0.05, 0.1) is 11.6 Å². The number of likely N-dealkylation sites (N-methyl/N-ethyl adjacent to an activating group) is 1. The zero-order valence-electron chi connectivity index (χ0n) is 23.0. The number of carbonyl (C=O) groups is 4. The Kier molecular flexibility index (Phi) is 6.87. The number of allylic oxidation sites excluding steroid dienone is 1. The minimum atomic E-state index is -2.68. The number of ketones is 3. The molecule has 3 aliphatic carbocycles. The van der Waals surface area contributed by atoms with Crippen molar-refractivity contribution in [2.75, 3.05) is 14.1 Å². The number of phenols is 1. The Morgan fingerprint density at radius 3 is 2.44 bits per heavy atom. The molecule has 0 aromatic heterocycles. The highest BCUT2D eigenvalue weighted by molar-refractivity contribution is 6.24. The molecule has 0 aliphatic heterocycles. The maximum atomic E-state index is 13.9. The van der Waals surface area contributed by atoms with Crippen molar-refractivity contribution < 1.29 is 39.6 Å². The zero-order valence-corrected chi connectivity index (χ0v) is 23.0. The van der Waals surface area contributed by atoms with E-state index in [4.69, 9.17) is 5.73 Å². The number of fused-ring (bicyclic) bond motifs is 3. The van der Waals surface area contributed by atoms with Gasteiger partial charge < -0.3 is 31.0 Å². The Morgan fingerprint density at radius 1 is 1.10 bits per heavy atom. The van der Waals surface area contributed by atoms with E-state index in [0.717, 1.165) is 11.1 Å². The highest BCUT2D eigenvalue weighted by Crippen LogP contribution is 2.53. The van der Waals surface area contributed by atoms with Crippen molar-refractivity contribution in [2.45, 2.75) is 44.2 Å². The third-order valence-electron chi connectivity index (χ3n) is 8.61. The average Bonchev–Trinajstić information content (AvgIpc) is 2.89. The van der Waals surface area contributed by atoms with Gasteiger partial charge in [-0.25, -0.2) is 0 Å². The van der Waals surface area contributed by atoms with E-state index in [2.05, 4.69) is 0 Å². The van der Waals surface area contributed by atoms with E-state index in [1.807, 2.05) is 24.3 Å². The number of carbonyl (C=O) groups excluding carboxylic acids is 4. The SMILES string of the molecule is CC(=O)CCc1cccc(-c2ccc(O)c3c2CC2CC4C(N(C)C)C(O)=C(C(N)=O)C(=O)C4(O)C(O)=C2C3=O)c1. The molecule has 6 N–H and O–H groups in total. The lowest BCUT2D eigenvalue weighted by molar-refractivity contribution is -0.148. The fraction of sp³-hybridized carbons (Fsp3) is 0.355. The van der Waals surface area contributed by atoms with Crippen LogP contribution in [0.2, 0.25) is 0 Å². The van der Waals surface area contributed by atoms with Crippen molar-refractivity contribution in [3.8, 4) is 16.9 Å². The molecule has 10 nitrogen and oxygen atoms in total. The van der Waals surface area contributed by atoms with Gasteiger partial charge in [-0.2, -0.15) is 0 Å². The molecule has 1 amide bonds. The van der Waals surface area contributed by atoms with Crippen molar-refractivity contribution in [3.05, 3.63) is 75.8 Å². The van der Waals surface area contributed by atoms with E-state index in [-0.39, 0.29) is 35.5 Å². The number of phenolic OH excluding ortho intramolecular Hbond substituents is 1. The lowest BCUT2D eigenvalue weighted by Gasteiger charge is -2.50. The molecule has 0 saturated heterocycles. The van der Waals surface area contributed by atoms with Gasteiger partial charge in [0.25, 0.3) is 5.91 Å². The minimum absolute atomic E-state index is 0.0134. The lowest BCUT2D eigenvalue weighted by atomic mass is 9.58. The Morgan fingerprint density at radius 2 is 1.80 bits per heavy atom. The van der Waals surface area contributed by atoms with Crippen molar-refractivity contribution in [1.29, 1.82) is 0 Å². The molecule has 0 heterocycles. The fourth-order valence-corrected chi connectivity index (χ4v) is 6.74. The van der Waals surface area contributed by atoms with Gasteiger partial charge in [0.2, 0.25) is 5.78 Å². The van der Waals surface area contributed by atoms with Gasteiger partial charge in [0.1, 0.15) is 28.6 Å². The molecule has 0 fully saturated rings. The van der Waals surface area contributed by atoms with Crippen LogP contribution in [-0.4, -0.2) is 74.3 Å². The maximum Gasteiger partial charge on any atom is 0.255 e. The van der Waals surface area contributed by atoms with Crippen molar-refractivity contribution in [2.24, 2.45) is 17.6 Å². The normalized spacial score (nSPS) is 25.6.